The molecule has 17 heavy (non-hydrogen) atoms. The summed E-state index contributed by atoms with van der Waals surface area (Å²) in [4.78, 5) is 0. The van der Waals surface area contributed by atoms with Crippen LogP contribution in [0.15, 0.2) is 43.2 Å². The van der Waals surface area contributed by atoms with E-state index in [0.29, 0.717) is 0 Å². The minimum absolute atomic E-state index is 0.148. The van der Waals surface area contributed by atoms with Crippen LogP contribution in [0.5, 0.6) is 0 Å². The first-order valence-electron chi connectivity index (χ1n) is 5.86. The number of nitrogens with zero attached hydrogens (tertiary/aromatic N) is 2. The molecule has 0 bridgehead atoms. The van der Waals surface area contributed by atoms with Crippen LogP contribution in [-0.4, -0.2) is 9.61 Å². The highest BCUT2D eigenvalue weighted by molar-refractivity contribution is 5.54. The smallest absolute Gasteiger partial charge is 0.0709 e. The van der Waals surface area contributed by atoms with Crippen LogP contribution in [0, 0.1) is 0 Å². The van der Waals surface area contributed by atoms with E-state index in [1.54, 1.807) is 0 Å². The summed E-state index contributed by atoms with van der Waals surface area (Å²) in [5.74, 6) is 5.62. The maximum Gasteiger partial charge on any atom is 0.0709 e. The summed E-state index contributed by atoms with van der Waals surface area (Å²) in [6, 6.07) is 6.18. The summed E-state index contributed by atoms with van der Waals surface area (Å²) < 4.78 is 1.87. The number of unbranched alkanes of at least 4 members (excludes halogenated alkanes) is 1. The predicted octanol–water partition coefficient (Wildman–Crippen LogP) is 2.20. The Labute approximate surface area is 101 Å². The number of hydrazine groups is 1. The number of nitrogens with two attached hydrogens (primary N) is 1. The van der Waals surface area contributed by atoms with E-state index in [1.165, 1.54) is 0 Å². The minimum atomic E-state index is 0.148. The van der Waals surface area contributed by atoms with E-state index in [9.17, 15) is 0 Å². The Kier molecular flexibility index (Phi) is 3.90. The second-order valence-electron chi connectivity index (χ2n) is 4.07. The van der Waals surface area contributed by atoms with Gasteiger partial charge >= 0.3 is 0 Å². The topological polar surface area (TPSA) is 55.3 Å². The van der Waals surface area contributed by atoms with Gasteiger partial charge in [-0.3, -0.25) is 11.3 Å². The lowest BCUT2D eigenvalue weighted by molar-refractivity contribution is 0.503. The van der Waals surface area contributed by atoms with E-state index in [2.05, 4.69) is 23.2 Å². The number of pyridine rings is 1. The molecule has 0 aliphatic rings. The number of allylic oxidation sites excluding steroid dienone is 1. The average molecular weight is 230 g/mol. The zero-order chi connectivity index (χ0) is 12.1. The van der Waals surface area contributed by atoms with Crippen LogP contribution in [0.4, 0.5) is 0 Å². The zero-order valence-corrected chi connectivity index (χ0v) is 9.84. The summed E-state index contributed by atoms with van der Waals surface area (Å²) in [6.07, 6.45) is 8.83. The van der Waals surface area contributed by atoms with Crippen LogP contribution in [-0.2, 0) is 0 Å². The third-order valence-electron chi connectivity index (χ3n) is 2.93. The molecule has 0 amide bonds. The van der Waals surface area contributed by atoms with E-state index < -0.39 is 0 Å². The molecule has 0 saturated heterocycles. The van der Waals surface area contributed by atoms with E-state index in [4.69, 9.17) is 5.84 Å². The first-order valence-corrected chi connectivity index (χ1v) is 5.86. The van der Waals surface area contributed by atoms with Crippen molar-refractivity contribution in [2.45, 2.75) is 25.3 Å². The van der Waals surface area contributed by atoms with Gasteiger partial charge in [-0.2, -0.15) is 5.10 Å². The number of hydrogen-bond acceptors (Lipinski definition) is 3. The lowest BCUT2D eigenvalue weighted by Gasteiger charge is -2.14. The fraction of sp³-hybridized carbons (Fsp3) is 0.308. The predicted molar refractivity (Wildman–Crippen MR) is 69.3 cm³/mol. The fourth-order valence-electron chi connectivity index (χ4n) is 2.02. The van der Waals surface area contributed by atoms with Crippen molar-refractivity contribution in [1.29, 1.82) is 0 Å². The summed E-state index contributed by atoms with van der Waals surface area (Å²) in [6.45, 7) is 3.73. The SMILES string of the molecule is C=CCCCC(NN)c1cnn2ccccc12. The van der Waals surface area contributed by atoms with E-state index >= 15 is 0 Å². The van der Waals surface area contributed by atoms with Crippen LogP contribution < -0.4 is 11.3 Å². The number of hydrogen-bond donors (Lipinski definition) is 2. The van der Waals surface area contributed by atoms with Crippen LogP contribution in [0.1, 0.15) is 30.9 Å². The third kappa shape index (κ3) is 2.54. The Morgan fingerprint density at radius 1 is 1.53 bits per heavy atom. The average Bonchev–Trinajstić information content (AvgIpc) is 2.79. The lowest BCUT2D eigenvalue weighted by atomic mass is 10.0. The molecule has 2 rings (SSSR count). The standard InChI is InChI=1S/C13H18N4/c1-2-3-4-7-12(16-14)11-10-15-17-9-6-5-8-13(11)17/h2,5-6,8-10,12,16H,1,3-4,7,14H2. The number of aromatic nitrogens is 2. The molecule has 0 aromatic carbocycles. The molecule has 4 heteroatoms. The number of fused-ring (bicyclic) bond motifs is 1. The van der Waals surface area contributed by atoms with Gasteiger partial charge in [0.1, 0.15) is 0 Å². The van der Waals surface area contributed by atoms with Gasteiger partial charge in [0.2, 0.25) is 0 Å². The van der Waals surface area contributed by atoms with Crippen molar-refractivity contribution >= 4 is 5.52 Å². The van der Waals surface area contributed by atoms with Gasteiger partial charge in [0.05, 0.1) is 11.7 Å². The molecule has 0 aliphatic heterocycles. The monoisotopic (exact) mass is 230 g/mol. The number of nitrogens with one attached hydrogen (secondary N) is 1. The highest BCUT2D eigenvalue weighted by Crippen LogP contribution is 2.22. The van der Waals surface area contributed by atoms with Gasteiger partial charge in [-0.15, -0.1) is 6.58 Å². The quantitative estimate of drug-likeness (QED) is 0.346. The van der Waals surface area contributed by atoms with Gasteiger partial charge in [0.25, 0.3) is 0 Å². The molecule has 1 atom stereocenters. The van der Waals surface area contributed by atoms with Crippen LogP contribution in [0.3, 0.4) is 0 Å². The van der Waals surface area contributed by atoms with Crippen molar-refractivity contribution in [2.24, 2.45) is 5.84 Å². The summed E-state index contributed by atoms with van der Waals surface area (Å²) in [7, 11) is 0. The first kappa shape index (κ1) is 11.8. The van der Waals surface area contributed by atoms with Gasteiger partial charge in [0, 0.05) is 17.8 Å². The Morgan fingerprint density at radius 2 is 2.41 bits per heavy atom. The third-order valence-corrected chi connectivity index (χ3v) is 2.93. The van der Waals surface area contributed by atoms with Gasteiger partial charge < -0.3 is 0 Å². The Morgan fingerprint density at radius 3 is 3.18 bits per heavy atom. The molecule has 2 aromatic rings. The molecule has 0 fully saturated rings. The molecule has 0 aliphatic carbocycles. The van der Waals surface area contributed by atoms with E-state index in [-0.39, 0.29) is 6.04 Å². The van der Waals surface area contributed by atoms with Gasteiger partial charge in [-0.1, -0.05) is 12.1 Å². The maximum absolute atomic E-state index is 5.62. The van der Waals surface area contributed by atoms with Gasteiger partial charge in [0.15, 0.2) is 0 Å². The molecular weight excluding hydrogens is 212 g/mol. The van der Waals surface area contributed by atoms with Gasteiger partial charge in [-0.05, 0) is 31.4 Å². The lowest BCUT2D eigenvalue weighted by Crippen LogP contribution is -2.27. The van der Waals surface area contributed by atoms with Crippen molar-refractivity contribution < 1.29 is 0 Å². The molecule has 0 radical (unpaired) electrons. The summed E-state index contributed by atoms with van der Waals surface area (Å²) >= 11 is 0. The zero-order valence-electron chi connectivity index (χ0n) is 9.84. The second-order valence-corrected chi connectivity index (χ2v) is 4.07. The Balaban J connectivity index is 2.20. The largest absolute Gasteiger partial charge is 0.271 e. The molecule has 3 N–H and O–H groups in total. The fourth-order valence-corrected chi connectivity index (χ4v) is 2.02. The van der Waals surface area contributed by atoms with E-state index in [1.807, 2.05) is 35.1 Å². The second kappa shape index (κ2) is 5.61. The highest BCUT2D eigenvalue weighted by atomic mass is 15.3. The Hall–Kier alpha value is -1.65. The Bertz CT molecular complexity index is 489. The molecule has 90 valence electrons. The molecular formula is C13H18N4. The van der Waals surface area contributed by atoms with Crippen LogP contribution >= 0.6 is 0 Å². The number of rotatable bonds is 6. The van der Waals surface area contributed by atoms with Gasteiger partial charge in [-0.25, -0.2) is 4.52 Å². The minimum Gasteiger partial charge on any atom is -0.271 e. The van der Waals surface area contributed by atoms with Crippen molar-refractivity contribution in [3.63, 3.8) is 0 Å². The normalized spacial score (nSPS) is 12.8. The highest BCUT2D eigenvalue weighted by Gasteiger charge is 2.13. The molecule has 4 nitrogen and oxygen atoms in total. The van der Waals surface area contributed by atoms with Crippen molar-refractivity contribution in [1.82, 2.24) is 15.0 Å². The molecule has 0 saturated carbocycles. The molecule has 2 aromatic heterocycles. The molecule has 2 heterocycles. The van der Waals surface area contributed by atoms with Crippen molar-refractivity contribution in [3.05, 3.63) is 48.8 Å². The first-order chi connectivity index (χ1) is 8.36. The molecule has 1 unspecified atom stereocenters. The summed E-state index contributed by atoms with van der Waals surface area (Å²) in [5.41, 5.74) is 5.12. The van der Waals surface area contributed by atoms with Crippen LogP contribution in [0.2, 0.25) is 0 Å². The van der Waals surface area contributed by atoms with Crippen molar-refractivity contribution in [3.8, 4) is 0 Å². The van der Waals surface area contributed by atoms with Crippen molar-refractivity contribution in [2.75, 3.05) is 0 Å². The summed E-state index contributed by atoms with van der Waals surface area (Å²) in [5, 5.41) is 4.32. The van der Waals surface area contributed by atoms with Crippen LogP contribution in [0.25, 0.3) is 5.52 Å². The molecule has 0 spiro atoms. The maximum atomic E-state index is 5.62. The van der Waals surface area contributed by atoms with E-state index in [0.717, 1.165) is 30.3 Å².